The molecule has 4 N–H and O–H groups in total. The van der Waals surface area contributed by atoms with Crippen molar-refractivity contribution in [3.63, 3.8) is 0 Å². The molecule has 18 heteroatoms. The molecular formula is C105H108BrCl3FN7O6. The molecule has 0 fully saturated rings. The zero-order valence-corrected chi connectivity index (χ0v) is 75.3. The van der Waals surface area contributed by atoms with Gasteiger partial charge < -0.3 is 36.0 Å². The van der Waals surface area contributed by atoms with Gasteiger partial charge in [-0.15, -0.1) is 0 Å². The van der Waals surface area contributed by atoms with E-state index < -0.39 is 5.82 Å². The van der Waals surface area contributed by atoms with E-state index in [0.29, 0.717) is 59.6 Å². The van der Waals surface area contributed by atoms with Crippen LogP contribution in [0.5, 0.6) is 0 Å². The number of ketones is 6. The van der Waals surface area contributed by atoms with Crippen molar-refractivity contribution in [2.75, 3.05) is 95.4 Å². The molecule has 634 valence electrons. The monoisotopic (exact) mass is 1770 g/mol. The molecule has 0 aromatic heterocycles. The third-order valence-corrected chi connectivity index (χ3v) is 21.4. The molecule has 13 aromatic carbocycles. The number of hydrogen-bond donors (Lipinski definition) is 4. The van der Waals surface area contributed by atoms with Gasteiger partial charge >= 0.3 is 0 Å². The highest BCUT2D eigenvalue weighted by molar-refractivity contribution is 9.10. The van der Waals surface area contributed by atoms with Crippen LogP contribution in [0.2, 0.25) is 15.1 Å². The summed E-state index contributed by atoms with van der Waals surface area (Å²) in [5, 5.41) is 14.6. The molecule has 0 bridgehead atoms. The summed E-state index contributed by atoms with van der Waals surface area (Å²) in [4.78, 5) is 81.4. The van der Waals surface area contributed by atoms with E-state index >= 15 is 0 Å². The summed E-state index contributed by atoms with van der Waals surface area (Å²) in [6.07, 6.45) is 1.92. The summed E-state index contributed by atoms with van der Waals surface area (Å²) in [6, 6.07) is 98.8. The van der Waals surface area contributed by atoms with E-state index in [1.165, 1.54) is 17.7 Å². The van der Waals surface area contributed by atoms with Gasteiger partial charge in [-0.2, -0.15) is 0 Å². The van der Waals surface area contributed by atoms with E-state index in [4.69, 9.17) is 34.8 Å². The smallest absolute Gasteiger partial charge is 0.198 e. The summed E-state index contributed by atoms with van der Waals surface area (Å²) < 4.78 is 14.7. The van der Waals surface area contributed by atoms with Crippen LogP contribution in [0, 0.1) is 5.82 Å². The van der Waals surface area contributed by atoms with Crippen LogP contribution < -0.4 is 36.0 Å². The van der Waals surface area contributed by atoms with Crippen molar-refractivity contribution in [1.82, 2.24) is 0 Å². The molecule has 0 saturated heterocycles. The van der Waals surface area contributed by atoms with Crippen molar-refractivity contribution in [1.29, 1.82) is 0 Å². The first-order chi connectivity index (χ1) is 59.6. The lowest BCUT2D eigenvalue weighted by molar-refractivity contribution is 0.102. The van der Waals surface area contributed by atoms with Gasteiger partial charge in [-0.1, -0.05) is 203 Å². The fourth-order valence-corrected chi connectivity index (χ4v) is 14.3. The highest BCUT2D eigenvalue weighted by atomic mass is 79.9. The lowest BCUT2D eigenvalue weighted by Gasteiger charge is -2.24. The number of para-hydroxylation sites is 1. The second-order valence-electron chi connectivity index (χ2n) is 28.1. The second kappa shape index (κ2) is 50.9. The summed E-state index contributed by atoms with van der Waals surface area (Å²) >= 11 is 21.4. The van der Waals surface area contributed by atoms with E-state index in [-0.39, 0.29) is 46.3 Å². The maximum absolute atomic E-state index is 13.9. The lowest BCUT2D eigenvalue weighted by atomic mass is 9.99. The van der Waals surface area contributed by atoms with Gasteiger partial charge in [0.15, 0.2) is 34.7 Å². The van der Waals surface area contributed by atoms with Gasteiger partial charge in [0.25, 0.3) is 0 Å². The Hall–Kier alpha value is -12.2. The standard InChI is InChI=1S/C23H23NO.C17H17BrFNO.C17H17Cl2NO.C17H20N2O.C17H19NO.C14H12ClNO/c1-2-20(17-18-11-5-3-6-12-18)24-22-16-10-9-15-21(22)23(25)19-13-7-4-8-14-19;1-3-20(4-2)16-10-9-12(18)11-14(16)17(21)13-7-5-6-8-15(13)19;1-3-20(4-2)14-9-10-15(16(19)11-14)17(21)12-5-7-13(18)8-6-12;1-3-18-15-9-5-13(6-10-15)17(20)14-7-11-16(12-8-14)19-4-2;1-3-18(4-2)16-12-10-15(11-13-16)17(19)14-8-6-5-7-9-14;1-16-13-8-7-11(15)9-12(13)14(17)10-5-3-2-4-6-10/h3-16,20,24H,2,17H2,1H3;2*5-11H,3-4H2,1-2H3;5-12,18-19H,3-4H2,1-2H3;5-13H,3-4H2,1-2H3;2-9,16H,1H3. The van der Waals surface area contributed by atoms with E-state index in [1.54, 1.807) is 85.9 Å². The van der Waals surface area contributed by atoms with Gasteiger partial charge in [0, 0.05) is 181 Å². The molecule has 1 atom stereocenters. The molecule has 0 heterocycles. The van der Waals surface area contributed by atoms with Gasteiger partial charge in [0.2, 0.25) is 0 Å². The quantitative estimate of drug-likeness (QED) is 0.0304. The fraction of sp³-hybridized carbons (Fsp3) is 0.200. The molecule has 13 aromatic rings. The second-order valence-corrected chi connectivity index (χ2v) is 30.3. The van der Waals surface area contributed by atoms with Crippen molar-refractivity contribution in [2.45, 2.75) is 81.2 Å². The van der Waals surface area contributed by atoms with Crippen LogP contribution in [0.1, 0.15) is 170 Å². The van der Waals surface area contributed by atoms with Crippen LogP contribution in [0.15, 0.2) is 326 Å². The molecule has 0 aliphatic heterocycles. The van der Waals surface area contributed by atoms with Crippen molar-refractivity contribution in [3.05, 3.63) is 419 Å². The summed E-state index contributed by atoms with van der Waals surface area (Å²) in [5.41, 5.74) is 15.4. The van der Waals surface area contributed by atoms with Gasteiger partial charge in [0.1, 0.15) is 5.82 Å². The normalized spacial score (nSPS) is 10.6. The SMILES string of the molecule is CCC(Cc1ccccc1)Nc1ccccc1C(=O)c1ccccc1.CCN(CC)c1ccc(Br)cc1C(=O)c1ccccc1F.CCN(CC)c1ccc(C(=O)c2ccc(Cl)cc2)c(Cl)c1.CCN(CC)c1ccc(C(=O)c2ccccc2)cc1.CCNc1ccc(C(=O)c2ccc(NCC)cc2)cc1.CNc1ccc(Cl)cc1C(=O)c1ccccc1. The van der Waals surface area contributed by atoms with Gasteiger partial charge in [-0.05, 0) is 250 Å². The number of benzene rings is 13. The topological polar surface area (TPSA) is 160 Å². The van der Waals surface area contributed by atoms with Crippen LogP contribution in [0.4, 0.5) is 44.2 Å². The van der Waals surface area contributed by atoms with E-state index in [1.807, 2.05) is 234 Å². The average molecular weight is 1770 g/mol. The summed E-state index contributed by atoms with van der Waals surface area (Å²) in [6.45, 7) is 25.8. The van der Waals surface area contributed by atoms with Crippen LogP contribution in [-0.4, -0.2) is 100 Å². The Morgan fingerprint density at radius 1 is 0.341 bits per heavy atom. The molecule has 0 radical (unpaired) electrons. The fourth-order valence-electron chi connectivity index (χ4n) is 13.4. The van der Waals surface area contributed by atoms with E-state index in [2.05, 4.69) is 111 Å². The number of halogens is 5. The number of nitrogens with one attached hydrogen (secondary N) is 4. The number of carbonyl (C=O) groups excluding carboxylic acids is 6. The minimum Gasteiger partial charge on any atom is -0.388 e. The van der Waals surface area contributed by atoms with Crippen LogP contribution in [0.25, 0.3) is 0 Å². The third kappa shape index (κ3) is 28.7. The Labute approximate surface area is 748 Å². The lowest BCUT2D eigenvalue weighted by Crippen LogP contribution is -2.24. The molecule has 13 rings (SSSR count). The molecule has 13 nitrogen and oxygen atoms in total. The van der Waals surface area contributed by atoms with Crippen molar-refractivity contribution in [3.8, 4) is 0 Å². The first kappa shape index (κ1) is 96.2. The molecule has 0 aliphatic rings. The minimum absolute atomic E-state index is 0.0301. The first-order valence-electron chi connectivity index (χ1n) is 41.6. The van der Waals surface area contributed by atoms with Gasteiger partial charge in [0.05, 0.1) is 10.6 Å². The number of anilines is 7. The average Bonchev–Trinajstić information content (AvgIpc) is 0.852. The van der Waals surface area contributed by atoms with E-state index in [0.717, 1.165) is 126 Å². The molecule has 123 heavy (non-hydrogen) atoms. The third-order valence-electron chi connectivity index (χ3n) is 20.1. The Bertz CT molecular complexity index is 5440. The van der Waals surface area contributed by atoms with Gasteiger partial charge in [-0.3, -0.25) is 28.8 Å². The summed E-state index contributed by atoms with van der Waals surface area (Å²) in [7, 11) is 1.78. The molecule has 0 spiro atoms. The molecule has 0 amide bonds. The predicted molar refractivity (Wildman–Crippen MR) is 517 cm³/mol. The first-order valence-corrected chi connectivity index (χ1v) is 43.5. The highest BCUT2D eigenvalue weighted by Crippen LogP contribution is 2.31. The number of hydrogen-bond acceptors (Lipinski definition) is 13. The zero-order chi connectivity index (χ0) is 88.6. The summed E-state index contributed by atoms with van der Waals surface area (Å²) in [5.74, 6) is -0.731. The van der Waals surface area contributed by atoms with Crippen LogP contribution in [-0.2, 0) is 6.42 Å². The molecule has 0 saturated carbocycles. The molecule has 0 aliphatic carbocycles. The Morgan fingerprint density at radius 3 is 1.21 bits per heavy atom. The van der Waals surface area contributed by atoms with E-state index in [9.17, 15) is 33.2 Å². The van der Waals surface area contributed by atoms with Crippen molar-refractivity contribution >= 4 is 125 Å². The number of carbonyl (C=O) groups is 6. The maximum Gasteiger partial charge on any atom is 0.198 e. The maximum atomic E-state index is 13.9. The number of nitrogens with zero attached hydrogens (tertiary/aromatic N) is 3. The number of rotatable bonds is 31. The van der Waals surface area contributed by atoms with Crippen LogP contribution >= 0.6 is 50.7 Å². The Kier molecular flexibility index (Phi) is 39.8. The Morgan fingerprint density at radius 2 is 0.740 bits per heavy atom. The zero-order valence-electron chi connectivity index (χ0n) is 71.4. The molecular weight excluding hydrogens is 1660 g/mol. The Balaban J connectivity index is 0.000000184. The highest BCUT2D eigenvalue weighted by Gasteiger charge is 2.22. The molecule has 1 unspecified atom stereocenters. The van der Waals surface area contributed by atoms with Gasteiger partial charge in [-0.25, -0.2) is 4.39 Å². The van der Waals surface area contributed by atoms with Crippen molar-refractivity contribution in [2.24, 2.45) is 0 Å². The largest absolute Gasteiger partial charge is 0.388 e. The van der Waals surface area contributed by atoms with Crippen molar-refractivity contribution < 1.29 is 33.2 Å². The minimum atomic E-state index is -0.493. The predicted octanol–water partition coefficient (Wildman–Crippen LogP) is 26.2. The van der Waals surface area contributed by atoms with Crippen LogP contribution in [0.3, 0.4) is 0 Å².